The third kappa shape index (κ3) is 3.16. The molecule has 4 nitrogen and oxygen atoms in total. The molecular formula is C15H23N3OS. The molecular weight excluding hydrogens is 270 g/mol. The maximum atomic E-state index is 9.33. The number of benzene rings is 1. The highest BCUT2D eigenvalue weighted by Gasteiger charge is 2.16. The Bertz CT molecular complexity index is 551. The predicted molar refractivity (Wildman–Crippen MR) is 86.1 cm³/mol. The van der Waals surface area contributed by atoms with E-state index >= 15 is 0 Å². The number of aryl methyl sites for hydroxylation is 1. The van der Waals surface area contributed by atoms with Crippen LogP contribution in [0.5, 0.6) is 0 Å². The minimum Gasteiger partial charge on any atom is -0.395 e. The third-order valence-corrected chi connectivity index (χ3v) is 4.83. The maximum absolute atomic E-state index is 9.33. The van der Waals surface area contributed by atoms with Crippen LogP contribution in [0, 0.1) is 0 Å². The first kappa shape index (κ1) is 15.4. The van der Waals surface area contributed by atoms with Gasteiger partial charge in [-0.05, 0) is 26.2 Å². The van der Waals surface area contributed by atoms with Crippen molar-refractivity contribution in [3.63, 3.8) is 0 Å². The Labute approximate surface area is 124 Å². The molecule has 2 N–H and O–H groups in total. The van der Waals surface area contributed by atoms with Gasteiger partial charge in [0.25, 0.3) is 0 Å². The fourth-order valence-corrected chi connectivity index (χ4v) is 3.05. The van der Waals surface area contributed by atoms with Crippen LogP contribution in [0.3, 0.4) is 0 Å². The van der Waals surface area contributed by atoms with Gasteiger partial charge in [-0.1, -0.05) is 18.2 Å². The molecule has 0 fully saturated rings. The van der Waals surface area contributed by atoms with Gasteiger partial charge in [0.05, 0.1) is 17.8 Å². The lowest BCUT2D eigenvalue weighted by Crippen LogP contribution is -2.37. The minimum atomic E-state index is 0.194. The van der Waals surface area contributed by atoms with Gasteiger partial charge in [-0.15, -0.1) is 0 Å². The van der Waals surface area contributed by atoms with Crippen molar-refractivity contribution in [2.45, 2.75) is 38.2 Å². The Hall–Kier alpha value is -1.04. The zero-order valence-electron chi connectivity index (χ0n) is 12.3. The number of nitrogens with one attached hydrogen (secondary N) is 1. The Morgan fingerprint density at radius 2 is 2.15 bits per heavy atom. The predicted octanol–water partition coefficient (Wildman–Crippen LogP) is 2.26. The standard InChI is InChI=1S/C15H23N3OS/c1-4-18-14-8-6-5-7-12(14)13(17-18)9-16-11(2)15(10-19)20-3/h5-8,11,15-16,19H,4,9-10H2,1-3H3. The van der Waals surface area contributed by atoms with E-state index in [1.54, 1.807) is 11.8 Å². The monoisotopic (exact) mass is 293 g/mol. The van der Waals surface area contributed by atoms with Crippen molar-refractivity contribution in [2.24, 2.45) is 0 Å². The maximum Gasteiger partial charge on any atom is 0.0841 e. The van der Waals surface area contributed by atoms with Crippen LogP contribution in [0.15, 0.2) is 24.3 Å². The highest BCUT2D eigenvalue weighted by atomic mass is 32.2. The minimum absolute atomic E-state index is 0.194. The second kappa shape index (κ2) is 7.11. The van der Waals surface area contributed by atoms with Crippen LogP contribution in [0.25, 0.3) is 10.9 Å². The molecule has 0 aliphatic rings. The quantitative estimate of drug-likeness (QED) is 0.822. The molecule has 1 heterocycles. The molecule has 2 unspecified atom stereocenters. The number of thioether (sulfide) groups is 1. The number of hydrogen-bond donors (Lipinski definition) is 2. The fourth-order valence-electron chi connectivity index (χ4n) is 2.39. The molecule has 0 aliphatic carbocycles. The summed E-state index contributed by atoms with van der Waals surface area (Å²) >= 11 is 1.69. The topological polar surface area (TPSA) is 50.1 Å². The smallest absolute Gasteiger partial charge is 0.0841 e. The largest absolute Gasteiger partial charge is 0.395 e. The Morgan fingerprint density at radius 1 is 1.40 bits per heavy atom. The van der Waals surface area contributed by atoms with E-state index in [1.807, 2.05) is 17.0 Å². The summed E-state index contributed by atoms with van der Waals surface area (Å²) < 4.78 is 2.04. The lowest BCUT2D eigenvalue weighted by Gasteiger charge is -2.20. The summed E-state index contributed by atoms with van der Waals surface area (Å²) in [6, 6.07) is 8.58. The molecule has 5 heteroatoms. The van der Waals surface area contributed by atoms with E-state index < -0.39 is 0 Å². The van der Waals surface area contributed by atoms with E-state index in [0.717, 1.165) is 18.8 Å². The first-order valence-electron chi connectivity index (χ1n) is 7.02. The Balaban J connectivity index is 2.14. The van der Waals surface area contributed by atoms with E-state index in [1.165, 1.54) is 10.9 Å². The lowest BCUT2D eigenvalue weighted by molar-refractivity contribution is 0.275. The van der Waals surface area contributed by atoms with Gasteiger partial charge in [0, 0.05) is 29.8 Å². The molecule has 0 aliphatic heterocycles. The van der Waals surface area contributed by atoms with E-state index in [2.05, 4.69) is 42.5 Å². The summed E-state index contributed by atoms with van der Waals surface area (Å²) in [7, 11) is 0. The van der Waals surface area contributed by atoms with Crippen molar-refractivity contribution in [3.05, 3.63) is 30.0 Å². The summed E-state index contributed by atoms with van der Waals surface area (Å²) in [5, 5.41) is 18.9. The van der Waals surface area contributed by atoms with Gasteiger partial charge in [0.1, 0.15) is 0 Å². The lowest BCUT2D eigenvalue weighted by atomic mass is 10.2. The van der Waals surface area contributed by atoms with Crippen molar-refractivity contribution >= 4 is 22.7 Å². The number of rotatable bonds is 7. The number of aliphatic hydroxyl groups is 1. The number of nitrogens with zero attached hydrogens (tertiary/aromatic N) is 2. The van der Waals surface area contributed by atoms with Gasteiger partial charge in [-0.2, -0.15) is 16.9 Å². The molecule has 2 aromatic rings. The molecule has 0 bridgehead atoms. The van der Waals surface area contributed by atoms with Gasteiger partial charge >= 0.3 is 0 Å². The Morgan fingerprint density at radius 3 is 2.80 bits per heavy atom. The number of para-hydroxylation sites is 1. The SMILES string of the molecule is CCn1nc(CNC(C)C(CO)SC)c2ccccc21. The molecule has 0 radical (unpaired) electrons. The highest BCUT2D eigenvalue weighted by Crippen LogP contribution is 2.19. The van der Waals surface area contributed by atoms with Crippen molar-refractivity contribution in [1.82, 2.24) is 15.1 Å². The Kier molecular flexibility index (Phi) is 5.46. The normalized spacial score (nSPS) is 14.6. The molecule has 2 atom stereocenters. The molecule has 1 aromatic heterocycles. The average Bonchev–Trinajstić information content (AvgIpc) is 2.84. The molecule has 2 rings (SSSR count). The summed E-state index contributed by atoms with van der Waals surface area (Å²) in [4.78, 5) is 0. The van der Waals surface area contributed by atoms with Gasteiger partial charge in [-0.25, -0.2) is 0 Å². The molecule has 110 valence electrons. The van der Waals surface area contributed by atoms with Crippen molar-refractivity contribution in [2.75, 3.05) is 12.9 Å². The number of aromatic nitrogens is 2. The molecule has 0 saturated carbocycles. The summed E-state index contributed by atoms with van der Waals surface area (Å²) in [6.07, 6.45) is 2.03. The average molecular weight is 293 g/mol. The molecule has 0 saturated heterocycles. The van der Waals surface area contributed by atoms with Crippen LogP contribution in [-0.4, -0.2) is 39.0 Å². The van der Waals surface area contributed by atoms with Gasteiger partial charge in [0.15, 0.2) is 0 Å². The number of hydrogen-bond acceptors (Lipinski definition) is 4. The molecule has 20 heavy (non-hydrogen) atoms. The van der Waals surface area contributed by atoms with Gasteiger partial charge < -0.3 is 10.4 Å². The van der Waals surface area contributed by atoms with Crippen LogP contribution in [0.1, 0.15) is 19.5 Å². The van der Waals surface area contributed by atoms with Crippen molar-refractivity contribution in [3.8, 4) is 0 Å². The number of fused-ring (bicyclic) bond motifs is 1. The van der Waals surface area contributed by atoms with Crippen LogP contribution < -0.4 is 5.32 Å². The zero-order valence-corrected chi connectivity index (χ0v) is 13.2. The first-order valence-corrected chi connectivity index (χ1v) is 8.31. The van der Waals surface area contributed by atoms with E-state index in [4.69, 9.17) is 0 Å². The summed E-state index contributed by atoms with van der Waals surface area (Å²) in [6.45, 7) is 6.01. The fraction of sp³-hybridized carbons (Fsp3) is 0.533. The number of aliphatic hydroxyl groups excluding tert-OH is 1. The molecule has 1 aromatic carbocycles. The summed E-state index contributed by atoms with van der Waals surface area (Å²) in [5.41, 5.74) is 2.26. The zero-order chi connectivity index (χ0) is 14.5. The second-order valence-electron chi connectivity index (χ2n) is 4.91. The third-order valence-electron chi connectivity index (χ3n) is 3.67. The van der Waals surface area contributed by atoms with E-state index in [9.17, 15) is 5.11 Å². The van der Waals surface area contributed by atoms with Gasteiger partial charge in [-0.3, -0.25) is 4.68 Å². The first-order chi connectivity index (χ1) is 9.71. The van der Waals surface area contributed by atoms with Crippen LogP contribution in [0.4, 0.5) is 0 Å². The molecule has 0 spiro atoms. The van der Waals surface area contributed by atoms with Crippen LogP contribution >= 0.6 is 11.8 Å². The molecule has 0 amide bonds. The second-order valence-corrected chi connectivity index (χ2v) is 5.98. The van der Waals surface area contributed by atoms with Crippen molar-refractivity contribution < 1.29 is 5.11 Å². The summed E-state index contributed by atoms with van der Waals surface area (Å²) in [5.74, 6) is 0. The van der Waals surface area contributed by atoms with E-state index in [-0.39, 0.29) is 17.9 Å². The van der Waals surface area contributed by atoms with Crippen LogP contribution in [-0.2, 0) is 13.1 Å². The van der Waals surface area contributed by atoms with Crippen molar-refractivity contribution in [1.29, 1.82) is 0 Å². The van der Waals surface area contributed by atoms with Crippen LogP contribution in [0.2, 0.25) is 0 Å². The van der Waals surface area contributed by atoms with E-state index in [0.29, 0.717) is 0 Å². The highest BCUT2D eigenvalue weighted by molar-refractivity contribution is 7.99. The van der Waals surface area contributed by atoms with Gasteiger partial charge in [0.2, 0.25) is 0 Å².